The maximum atomic E-state index is 13.9. The van der Waals surface area contributed by atoms with Crippen molar-refractivity contribution in [1.82, 2.24) is 0 Å². The third kappa shape index (κ3) is 6.08. The van der Waals surface area contributed by atoms with Crippen molar-refractivity contribution >= 4 is 72.3 Å². The molecule has 0 aromatic heterocycles. The summed E-state index contributed by atoms with van der Waals surface area (Å²) in [7, 11) is 0. The maximum absolute atomic E-state index is 13.9. The van der Waals surface area contributed by atoms with Gasteiger partial charge in [0.2, 0.25) is 0 Å². The summed E-state index contributed by atoms with van der Waals surface area (Å²) >= 11 is 0. The molecule has 1 nitrogen and oxygen atoms in total. The smallest absolute Gasteiger partial charge is 0.123 e. The third-order valence-corrected chi connectivity index (χ3v) is 10.9. The van der Waals surface area contributed by atoms with Crippen LogP contribution >= 0.6 is 0 Å². The van der Waals surface area contributed by atoms with Gasteiger partial charge in [0.1, 0.15) is 5.82 Å². The number of anilines is 3. The van der Waals surface area contributed by atoms with Gasteiger partial charge in [0.05, 0.1) is 0 Å². The molecule has 0 amide bonds. The van der Waals surface area contributed by atoms with Gasteiger partial charge in [0, 0.05) is 17.1 Å². The molecule has 0 radical (unpaired) electrons. The lowest BCUT2D eigenvalue weighted by Crippen LogP contribution is -2.09. The maximum Gasteiger partial charge on any atom is 0.123 e. The number of rotatable bonds is 7. The molecule has 2 heteroatoms. The molecule has 10 rings (SSSR count). The number of hydrogen-bond acceptors (Lipinski definition) is 1. The third-order valence-electron chi connectivity index (χ3n) is 10.9. The van der Waals surface area contributed by atoms with Gasteiger partial charge in [-0.05, 0) is 143 Å². The van der Waals surface area contributed by atoms with Gasteiger partial charge in [-0.25, -0.2) is 4.39 Å². The number of halogens is 1. The zero-order valence-corrected chi connectivity index (χ0v) is 30.6. The van der Waals surface area contributed by atoms with Crippen molar-refractivity contribution in [2.75, 3.05) is 4.90 Å². The van der Waals surface area contributed by atoms with Crippen molar-refractivity contribution in [3.63, 3.8) is 0 Å². The van der Waals surface area contributed by atoms with Gasteiger partial charge in [-0.15, -0.1) is 0 Å². The summed E-state index contributed by atoms with van der Waals surface area (Å²) in [6, 6.07) is 71.8. The van der Waals surface area contributed by atoms with E-state index in [0.717, 1.165) is 33.4 Å². The Kier molecular flexibility index (Phi) is 8.42. The fraction of sp³-hybridized carbons (Fsp3) is 0. The van der Waals surface area contributed by atoms with Crippen LogP contribution in [0.25, 0.3) is 77.5 Å². The molecule has 56 heavy (non-hydrogen) atoms. The minimum Gasteiger partial charge on any atom is -0.310 e. The summed E-state index contributed by atoms with van der Waals surface area (Å²) in [6.07, 6.45) is 4.52. The van der Waals surface area contributed by atoms with E-state index in [2.05, 4.69) is 181 Å². The summed E-state index contributed by atoms with van der Waals surface area (Å²) in [5.41, 5.74) is 10.2. The van der Waals surface area contributed by atoms with Gasteiger partial charge < -0.3 is 4.90 Å². The number of fused-ring (bicyclic) bond motifs is 4. The second kappa shape index (κ2) is 14.2. The van der Waals surface area contributed by atoms with E-state index in [9.17, 15) is 4.39 Å². The molecular weight excluding hydrogens is 682 g/mol. The van der Waals surface area contributed by atoms with E-state index in [0.29, 0.717) is 0 Å². The summed E-state index contributed by atoms with van der Waals surface area (Å²) in [5.74, 6) is -0.250. The Labute approximate surface area is 325 Å². The van der Waals surface area contributed by atoms with Crippen LogP contribution in [0.3, 0.4) is 0 Å². The Morgan fingerprint density at radius 3 is 1.62 bits per heavy atom. The van der Waals surface area contributed by atoms with Gasteiger partial charge in [-0.1, -0.05) is 152 Å². The van der Waals surface area contributed by atoms with Crippen LogP contribution in [0.15, 0.2) is 206 Å². The van der Waals surface area contributed by atoms with Crippen LogP contribution in [0.5, 0.6) is 0 Å². The molecule has 10 aromatic rings. The van der Waals surface area contributed by atoms with Gasteiger partial charge in [-0.2, -0.15) is 0 Å². The number of para-hydroxylation sites is 1. The van der Waals surface area contributed by atoms with Crippen LogP contribution in [0, 0.1) is 5.82 Å². The Bertz CT molecular complexity index is 3020. The Hall–Kier alpha value is -7.29. The first-order chi connectivity index (χ1) is 27.7. The molecule has 0 bridgehead atoms. The van der Waals surface area contributed by atoms with Crippen LogP contribution in [-0.2, 0) is 0 Å². The molecule has 0 heterocycles. The number of nitrogens with zero attached hydrogens (tertiary/aromatic N) is 1. The lowest BCUT2D eigenvalue weighted by atomic mass is 9.85. The highest BCUT2D eigenvalue weighted by Gasteiger charge is 2.18. The van der Waals surface area contributed by atoms with E-state index >= 15 is 0 Å². The van der Waals surface area contributed by atoms with Crippen LogP contribution in [0.2, 0.25) is 0 Å². The zero-order chi connectivity index (χ0) is 37.4. The van der Waals surface area contributed by atoms with Gasteiger partial charge in [0.25, 0.3) is 0 Å². The van der Waals surface area contributed by atoms with Crippen molar-refractivity contribution in [2.24, 2.45) is 0 Å². The fourth-order valence-electron chi connectivity index (χ4n) is 8.23. The molecule has 264 valence electrons. The second-order valence-corrected chi connectivity index (χ2v) is 14.3. The summed E-state index contributed by atoms with van der Waals surface area (Å²) in [6.45, 7) is 0. The van der Waals surface area contributed by atoms with Crippen molar-refractivity contribution in [3.05, 3.63) is 223 Å². The molecule has 0 spiro atoms. The van der Waals surface area contributed by atoms with Crippen molar-refractivity contribution < 1.29 is 4.39 Å². The average molecular weight is 718 g/mol. The minimum atomic E-state index is -0.250. The average Bonchev–Trinajstić information content (AvgIpc) is 3.26. The molecule has 0 fully saturated rings. The molecular formula is C54H36FN. The fourth-order valence-corrected chi connectivity index (χ4v) is 8.23. The lowest BCUT2D eigenvalue weighted by molar-refractivity contribution is 0.628. The van der Waals surface area contributed by atoms with Crippen molar-refractivity contribution in [2.45, 2.75) is 0 Å². The second-order valence-electron chi connectivity index (χ2n) is 14.3. The van der Waals surface area contributed by atoms with Gasteiger partial charge in [-0.3, -0.25) is 0 Å². The minimum absolute atomic E-state index is 0.250. The van der Waals surface area contributed by atoms with E-state index < -0.39 is 0 Å². The van der Waals surface area contributed by atoms with Crippen molar-refractivity contribution in [3.8, 4) is 22.3 Å². The van der Waals surface area contributed by atoms with E-state index in [-0.39, 0.29) is 5.82 Å². The number of hydrogen-bond donors (Lipinski definition) is 0. The first-order valence-corrected chi connectivity index (χ1v) is 19.0. The standard InChI is InChI=1S/C54H36FN/c55-43-27-30-45(31-28-43)56(44-16-5-2-6-17-44)46-29-26-39-33-37(23-25-40(39)35-46)24-32-50-48-19-9-11-21-51(48)54(52-22-12-10-20-49(50)52)53-36-42(38-13-3-1-4-14-38)34-41-15-7-8-18-47(41)53/h1-36H. The zero-order valence-electron chi connectivity index (χ0n) is 30.6. The van der Waals surface area contributed by atoms with Crippen LogP contribution in [0.4, 0.5) is 21.5 Å². The van der Waals surface area contributed by atoms with Gasteiger partial charge >= 0.3 is 0 Å². The summed E-state index contributed by atoms with van der Waals surface area (Å²) in [5, 5.41) is 9.67. The monoisotopic (exact) mass is 717 g/mol. The molecule has 0 aliphatic heterocycles. The van der Waals surface area contributed by atoms with Crippen LogP contribution in [0.1, 0.15) is 11.1 Å². The first kappa shape index (κ1) is 33.3. The molecule has 0 N–H and O–H groups in total. The highest BCUT2D eigenvalue weighted by molar-refractivity contribution is 6.21. The van der Waals surface area contributed by atoms with E-state index in [1.165, 1.54) is 72.3 Å². The van der Waals surface area contributed by atoms with Crippen molar-refractivity contribution in [1.29, 1.82) is 0 Å². The largest absolute Gasteiger partial charge is 0.310 e. The van der Waals surface area contributed by atoms with Crippen LogP contribution < -0.4 is 4.90 Å². The molecule has 0 saturated carbocycles. The van der Waals surface area contributed by atoms with E-state index in [1.807, 2.05) is 30.3 Å². The van der Waals surface area contributed by atoms with Crippen LogP contribution in [-0.4, -0.2) is 0 Å². The van der Waals surface area contributed by atoms with Gasteiger partial charge in [0.15, 0.2) is 0 Å². The van der Waals surface area contributed by atoms with E-state index in [1.54, 1.807) is 0 Å². The first-order valence-electron chi connectivity index (χ1n) is 19.0. The molecule has 0 atom stereocenters. The lowest BCUT2D eigenvalue weighted by Gasteiger charge is -2.25. The molecule has 0 saturated heterocycles. The highest BCUT2D eigenvalue weighted by atomic mass is 19.1. The predicted molar refractivity (Wildman–Crippen MR) is 237 cm³/mol. The molecule has 10 aromatic carbocycles. The van der Waals surface area contributed by atoms with E-state index in [4.69, 9.17) is 0 Å². The summed E-state index contributed by atoms with van der Waals surface area (Å²) in [4.78, 5) is 2.16. The Balaban J connectivity index is 1.08. The highest BCUT2D eigenvalue weighted by Crippen LogP contribution is 2.44. The molecule has 0 unspecified atom stereocenters. The SMILES string of the molecule is Fc1ccc(N(c2ccccc2)c2ccc3cc(C=Cc4c5ccccc5c(-c5cc(-c6ccccc6)cc6ccccc56)c5ccccc45)ccc3c2)cc1. The normalized spacial score (nSPS) is 11.6. The number of benzene rings is 10. The molecule has 0 aliphatic carbocycles. The molecule has 0 aliphatic rings. The topological polar surface area (TPSA) is 3.24 Å². The Morgan fingerprint density at radius 1 is 0.357 bits per heavy atom. The quantitative estimate of drug-likeness (QED) is 0.117. The predicted octanol–water partition coefficient (Wildman–Crippen LogP) is 15.4. The Morgan fingerprint density at radius 2 is 0.911 bits per heavy atom. The summed E-state index contributed by atoms with van der Waals surface area (Å²) < 4.78 is 13.9.